The summed E-state index contributed by atoms with van der Waals surface area (Å²) < 4.78 is 1.02. The minimum atomic E-state index is 0.125. The van der Waals surface area contributed by atoms with Crippen LogP contribution < -0.4 is 5.73 Å². The van der Waals surface area contributed by atoms with Crippen molar-refractivity contribution in [1.82, 2.24) is 4.98 Å². The van der Waals surface area contributed by atoms with Crippen molar-refractivity contribution in [3.63, 3.8) is 0 Å². The van der Waals surface area contributed by atoms with Gasteiger partial charge >= 0.3 is 0 Å². The van der Waals surface area contributed by atoms with Gasteiger partial charge in [0.05, 0.1) is 0 Å². The number of oxime groups is 1. The molecule has 0 atom stereocenters. The zero-order chi connectivity index (χ0) is 13.1. The molecule has 0 aliphatic heterocycles. The minimum absolute atomic E-state index is 0.125. The van der Waals surface area contributed by atoms with E-state index in [-0.39, 0.29) is 5.84 Å². The summed E-state index contributed by atoms with van der Waals surface area (Å²) >= 11 is 3.26. The van der Waals surface area contributed by atoms with Crippen LogP contribution in [0.1, 0.15) is 16.8 Å². The lowest BCUT2D eigenvalue weighted by atomic mass is 10.1. The molecule has 6 heteroatoms. The summed E-state index contributed by atoms with van der Waals surface area (Å²) in [6, 6.07) is 5.70. The molecule has 0 radical (unpaired) electrons. The first kappa shape index (κ1) is 12.9. The van der Waals surface area contributed by atoms with Crippen molar-refractivity contribution in [3.8, 4) is 0 Å². The summed E-state index contributed by atoms with van der Waals surface area (Å²) in [5.74, 6) is 0.125. The number of nitrogens with zero attached hydrogens (tertiary/aromatic N) is 2. The number of rotatable bonds is 3. The standard InChI is InChI=1S/C12H13N3OS2/c1-7-5-9(11(13)15-16)3-4-10(7)18-12-14-8(2)6-17-12/h3-6,16H,1-2H3,(H2,13,15). The third-order valence-electron chi connectivity index (χ3n) is 2.37. The monoisotopic (exact) mass is 279 g/mol. The molecular weight excluding hydrogens is 266 g/mol. The fraction of sp³-hybridized carbons (Fsp3) is 0.167. The fourth-order valence-corrected chi connectivity index (χ4v) is 3.31. The second-order valence-corrected chi connectivity index (χ2v) is 5.97. The second-order valence-electron chi connectivity index (χ2n) is 3.82. The molecule has 0 aliphatic carbocycles. The van der Waals surface area contributed by atoms with E-state index in [2.05, 4.69) is 10.1 Å². The minimum Gasteiger partial charge on any atom is -0.409 e. The SMILES string of the molecule is Cc1csc(Sc2ccc(/C(N)=N/O)cc2C)n1. The van der Waals surface area contributed by atoms with Gasteiger partial charge in [-0.3, -0.25) is 0 Å². The molecule has 94 valence electrons. The van der Waals surface area contributed by atoms with Crippen molar-refractivity contribution in [3.05, 3.63) is 40.4 Å². The molecule has 0 saturated carbocycles. The number of hydrogen-bond acceptors (Lipinski definition) is 5. The van der Waals surface area contributed by atoms with Crippen molar-refractivity contribution in [1.29, 1.82) is 0 Å². The Morgan fingerprint density at radius 1 is 1.44 bits per heavy atom. The number of nitrogens with two attached hydrogens (primary N) is 1. The van der Waals surface area contributed by atoms with Crippen LogP contribution in [0.25, 0.3) is 0 Å². The zero-order valence-corrected chi connectivity index (χ0v) is 11.7. The Morgan fingerprint density at radius 2 is 2.22 bits per heavy atom. The van der Waals surface area contributed by atoms with Gasteiger partial charge < -0.3 is 10.9 Å². The van der Waals surface area contributed by atoms with Crippen molar-refractivity contribution >= 4 is 28.9 Å². The number of aryl methyl sites for hydroxylation is 2. The van der Waals surface area contributed by atoms with Crippen LogP contribution in [-0.4, -0.2) is 16.0 Å². The van der Waals surface area contributed by atoms with E-state index in [1.807, 2.05) is 37.4 Å². The van der Waals surface area contributed by atoms with Gasteiger partial charge in [-0.15, -0.1) is 11.3 Å². The molecule has 2 rings (SSSR count). The molecule has 0 fully saturated rings. The molecule has 1 aromatic carbocycles. The van der Waals surface area contributed by atoms with Crippen LogP contribution in [0.15, 0.2) is 38.0 Å². The highest BCUT2D eigenvalue weighted by Crippen LogP contribution is 2.32. The summed E-state index contributed by atoms with van der Waals surface area (Å²) in [6.07, 6.45) is 0. The number of aromatic nitrogens is 1. The largest absolute Gasteiger partial charge is 0.409 e. The van der Waals surface area contributed by atoms with E-state index in [9.17, 15) is 0 Å². The van der Waals surface area contributed by atoms with Gasteiger partial charge in [0.2, 0.25) is 0 Å². The predicted octanol–water partition coefficient (Wildman–Crippen LogP) is 3.01. The summed E-state index contributed by atoms with van der Waals surface area (Å²) in [7, 11) is 0. The maximum absolute atomic E-state index is 8.64. The summed E-state index contributed by atoms with van der Waals surface area (Å²) in [5.41, 5.74) is 8.39. The van der Waals surface area contributed by atoms with E-state index in [1.165, 1.54) is 0 Å². The molecule has 0 bridgehead atoms. The van der Waals surface area contributed by atoms with E-state index in [0.717, 1.165) is 26.1 Å². The van der Waals surface area contributed by atoms with Crippen molar-refractivity contribution < 1.29 is 5.21 Å². The van der Waals surface area contributed by atoms with E-state index < -0.39 is 0 Å². The Labute approximate surface area is 114 Å². The van der Waals surface area contributed by atoms with Gasteiger partial charge in [0, 0.05) is 21.5 Å². The molecule has 3 N–H and O–H groups in total. The number of hydrogen-bond donors (Lipinski definition) is 2. The van der Waals surface area contributed by atoms with Gasteiger partial charge in [-0.25, -0.2) is 4.98 Å². The molecule has 0 saturated heterocycles. The topological polar surface area (TPSA) is 71.5 Å². The van der Waals surface area contributed by atoms with E-state index in [1.54, 1.807) is 23.1 Å². The van der Waals surface area contributed by atoms with Gasteiger partial charge in [0.15, 0.2) is 10.2 Å². The average molecular weight is 279 g/mol. The second kappa shape index (κ2) is 5.41. The normalized spacial score (nSPS) is 11.8. The van der Waals surface area contributed by atoms with Crippen LogP contribution in [0, 0.1) is 13.8 Å². The highest BCUT2D eigenvalue weighted by atomic mass is 32.2. The summed E-state index contributed by atoms with van der Waals surface area (Å²) in [5, 5.41) is 13.7. The average Bonchev–Trinajstić information content (AvgIpc) is 2.76. The Bertz CT molecular complexity index is 593. The molecule has 4 nitrogen and oxygen atoms in total. The summed E-state index contributed by atoms with van der Waals surface area (Å²) in [6.45, 7) is 3.98. The van der Waals surface area contributed by atoms with Crippen LogP contribution in [0.4, 0.5) is 0 Å². The first-order valence-corrected chi connectivity index (χ1v) is 6.98. The lowest BCUT2D eigenvalue weighted by molar-refractivity contribution is 0.318. The first-order chi connectivity index (χ1) is 8.60. The molecule has 18 heavy (non-hydrogen) atoms. The Balaban J connectivity index is 2.25. The van der Waals surface area contributed by atoms with Crippen molar-refractivity contribution in [2.24, 2.45) is 10.9 Å². The van der Waals surface area contributed by atoms with Crippen LogP contribution >= 0.6 is 23.1 Å². The number of thiazole rings is 1. The van der Waals surface area contributed by atoms with E-state index >= 15 is 0 Å². The molecule has 0 amide bonds. The van der Waals surface area contributed by atoms with Gasteiger partial charge in [0.25, 0.3) is 0 Å². The maximum Gasteiger partial charge on any atom is 0.170 e. The molecule has 2 aromatic rings. The highest BCUT2D eigenvalue weighted by molar-refractivity contribution is 8.01. The molecule has 1 aromatic heterocycles. The first-order valence-electron chi connectivity index (χ1n) is 5.28. The quantitative estimate of drug-likeness (QED) is 0.392. The van der Waals surface area contributed by atoms with Gasteiger partial charge in [-0.1, -0.05) is 23.0 Å². The van der Waals surface area contributed by atoms with Crippen LogP contribution in [-0.2, 0) is 0 Å². The third kappa shape index (κ3) is 2.83. The van der Waals surface area contributed by atoms with Gasteiger partial charge in [0.1, 0.15) is 0 Å². The predicted molar refractivity (Wildman–Crippen MR) is 74.7 cm³/mol. The van der Waals surface area contributed by atoms with Crippen LogP contribution in [0.2, 0.25) is 0 Å². The Morgan fingerprint density at radius 3 is 2.78 bits per heavy atom. The lowest BCUT2D eigenvalue weighted by Gasteiger charge is -2.05. The van der Waals surface area contributed by atoms with Gasteiger partial charge in [-0.2, -0.15) is 0 Å². The molecule has 0 spiro atoms. The third-order valence-corrected chi connectivity index (χ3v) is 4.61. The smallest absolute Gasteiger partial charge is 0.170 e. The molecular formula is C12H13N3OS2. The van der Waals surface area contributed by atoms with Crippen LogP contribution in [0.5, 0.6) is 0 Å². The van der Waals surface area contributed by atoms with Gasteiger partial charge in [-0.05, 0) is 31.5 Å². The Kier molecular flexibility index (Phi) is 3.88. The Hall–Kier alpha value is -1.53. The van der Waals surface area contributed by atoms with Crippen LogP contribution in [0.3, 0.4) is 0 Å². The highest BCUT2D eigenvalue weighted by Gasteiger charge is 2.07. The summed E-state index contributed by atoms with van der Waals surface area (Å²) in [4.78, 5) is 5.54. The molecule has 1 heterocycles. The van der Waals surface area contributed by atoms with E-state index in [4.69, 9.17) is 10.9 Å². The van der Waals surface area contributed by atoms with Crippen molar-refractivity contribution in [2.45, 2.75) is 23.1 Å². The van der Waals surface area contributed by atoms with E-state index in [0.29, 0.717) is 0 Å². The number of amidine groups is 1. The fourth-order valence-electron chi connectivity index (χ4n) is 1.45. The number of benzene rings is 1. The molecule has 0 aliphatic rings. The lowest BCUT2D eigenvalue weighted by Crippen LogP contribution is -2.13. The molecule has 0 unspecified atom stereocenters. The van der Waals surface area contributed by atoms with Crippen molar-refractivity contribution in [2.75, 3.05) is 0 Å². The maximum atomic E-state index is 8.64. The zero-order valence-electron chi connectivity index (χ0n) is 10.0.